The Hall–Kier alpha value is -2.52. The Labute approximate surface area is 148 Å². The summed E-state index contributed by atoms with van der Waals surface area (Å²) in [4.78, 5) is 26.0. The number of carbonyl (C=O) groups excluding carboxylic acids is 1. The number of hydrogen-bond donors (Lipinski definition) is 1. The second kappa shape index (κ2) is 6.41. The predicted molar refractivity (Wildman–Crippen MR) is 95.9 cm³/mol. The Kier molecular flexibility index (Phi) is 4.10. The molecule has 1 aromatic heterocycles. The van der Waals surface area contributed by atoms with Gasteiger partial charge in [-0.2, -0.15) is 5.26 Å². The average molecular weight is 352 g/mol. The maximum atomic E-state index is 12.6. The lowest BCUT2D eigenvalue weighted by atomic mass is 9.90. The van der Waals surface area contributed by atoms with Crippen LogP contribution in [0.5, 0.6) is 0 Å². The van der Waals surface area contributed by atoms with Crippen molar-refractivity contribution in [2.45, 2.75) is 31.1 Å². The molecule has 1 aliphatic heterocycles. The summed E-state index contributed by atoms with van der Waals surface area (Å²) >= 11 is 1.55. The van der Waals surface area contributed by atoms with Crippen molar-refractivity contribution < 1.29 is 9.21 Å². The smallest absolute Gasteiger partial charge is 0.349 e. The van der Waals surface area contributed by atoms with E-state index in [2.05, 4.69) is 11.4 Å². The third-order valence-electron chi connectivity index (χ3n) is 4.70. The van der Waals surface area contributed by atoms with E-state index in [0.717, 1.165) is 31.3 Å². The standard InChI is InChI=1S/C19H16N2O3S/c20-10-14-12-6-2-4-8-16(12)25-18(14)21-17(22)13-9-11-5-1-3-7-15(11)24-19(13)23/h1,3,5,7,9,14,18H,2,4,6,8H2,(H,21,22)/t14-,18-/m1/s1. The van der Waals surface area contributed by atoms with Crippen molar-refractivity contribution in [3.05, 3.63) is 56.8 Å². The second-order valence-corrected chi connectivity index (χ2v) is 7.50. The van der Waals surface area contributed by atoms with Gasteiger partial charge in [0.2, 0.25) is 0 Å². The Morgan fingerprint density at radius 2 is 2.08 bits per heavy atom. The van der Waals surface area contributed by atoms with Gasteiger partial charge in [-0.05, 0) is 48.3 Å². The Balaban J connectivity index is 1.60. The highest BCUT2D eigenvalue weighted by atomic mass is 32.2. The molecule has 1 aromatic carbocycles. The lowest BCUT2D eigenvalue weighted by Gasteiger charge is -2.17. The number of thioether (sulfide) groups is 1. The molecule has 5 nitrogen and oxygen atoms in total. The summed E-state index contributed by atoms with van der Waals surface area (Å²) in [6, 6.07) is 10.9. The van der Waals surface area contributed by atoms with Crippen molar-refractivity contribution in [2.24, 2.45) is 5.92 Å². The van der Waals surface area contributed by atoms with Crippen molar-refractivity contribution in [2.75, 3.05) is 0 Å². The fourth-order valence-electron chi connectivity index (χ4n) is 3.45. The molecule has 0 radical (unpaired) electrons. The molecule has 0 saturated heterocycles. The number of benzene rings is 1. The third kappa shape index (κ3) is 2.85. The molecule has 2 atom stereocenters. The van der Waals surface area contributed by atoms with E-state index in [0.29, 0.717) is 11.0 Å². The molecule has 0 saturated carbocycles. The number of carbonyl (C=O) groups is 1. The number of allylic oxidation sites excluding steroid dienone is 1. The number of fused-ring (bicyclic) bond motifs is 1. The topological polar surface area (TPSA) is 83.1 Å². The number of nitrogens with zero attached hydrogens (tertiary/aromatic N) is 1. The molecule has 6 heteroatoms. The first kappa shape index (κ1) is 16.0. The fourth-order valence-corrected chi connectivity index (χ4v) is 4.93. The molecule has 0 spiro atoms. The van der Waals surface area contributed by atoms with Gasteiger partial charge in [0.1, 0.15) is 11.1 Å². The monoisotopic (exact) mass is 352 g/mol. The lowest BCUT2D eigenvalue weighted by molar-refractivity contribution is 0.0943. The van der Waals surface area contributed by atoms with Crippen LogP contribution in [-0.2, 0) is 0 Å². The first-order chi connectivity index (χ1) is 12.2. The van der Waals surface area contributed by atoms with E-state index in [-0.39, 0.29) is 16.9 Å². The minimum atomic E-state index is -0.662. The van der Waals surface area contributed by atoms with Crippen molar-refractivity contribution in [1.82, 2.24) is 5.32 Å². The van der Waals surface area contributed by atoms with Crippen LogP contribution in [0.2, 0.25) is 0 Å². The van der Waals surface area contributed by atoms with Crippen molar-refractivity contribution >= 4 is 28.6 Å². The zero-order valence-electron chi connectivity index (χ0n) is 13.5. The van der Waals surface area contributed by atoms with Crippen LogP contribution in [0.4, 0.5) is 0 Å². The molecule has 1 aliphatic carbocycles. The first-order valence-corrected chi connectivity index (χ1v) is 9.17. The van der Waals surface area contributed by atoms with E-state index in [1.807, 2.05) is 6.07 Å². The SMILES string of the molecule is N#C[C@@H]1C2=C(CCCC2)S[C@H]1NC(=O)c1cc2ccccc2oc1=O. The Bertz CT molecular complexity index is 986. The number of rotatable bonds is 2. The van der Waals surface area contributed by atoms with E-state index >= 15 is 0 Å². The van der Waals surface area contributed by atoms with Crippen LogP contribution in [-0.4, -0.2) is 11.3 Å². The van der Waals surface area contributed by atoms with Gasteiger partial charge in [0.05, 0.1) is 17.4 Å². The third-order valence-corrected chi connectivity index (χ3v) is 6.10. The summed E-state index contributed by atoms with van der Waals surface area (Å²) in [5, 5.41) is 12.7. The van der Waals surface area contributed by atoms with Crippen LogP contribution < -0.4 is 10.9 Å². The van der Waals surface area contributed by atoms with E-state index in [9.17, 15) is 14.9 Å². The molecule has 0 bridgehead atoms. The average Bonchev–Trinajstić information content (AvgIpc) is 2.97. The van der Waals surface area contributed by atoms with Gasteiger partial charge >= 0.3 is 5.63 Å². The molecule has 2 heterocycles. The Morgan fingerprint density at radius 1 is 1.28 bits per heavy atom. The van der Waals surface area contributed by atoms with Crippen molar-refractivity contribution in [1.29, 1.82) is 5.26 Å². The van der Waals surface area contributed by atoms with Crippen LogP contribution in [0.1, 0.15) is 36.0 Å². The number of nitrogens with one attached hydrogen (secondary N) is 1. The van der Waals surface area contributed by atoms with Crippen LogP contribution in [0, 0.1) is 17.2 Å². The van der Waals surface area contributed by atoms with E-state index in [1.54, 1.807) is 36.0 Å². The fraction of sp³-hybridized carbons (Fsp3) is 0.316. The van der Waals surface area contributed by atoms with Crippen LogP contribution in [0.3, 0.4) is 0 Å². The molecular formula is C19H16N2O3S. The zero-order valence-corrected chi connectivity index (χ0v) is 14.3. The van der Waals surface area contributed by atoms with Crippen molar-refractivity contribution in [3.63, 3.8) is 0 Å². The van der Waals surface area contributed by atoms with Gasteiger partial charge in [-0.1, -0.05) is 18.2 Å². The van der Waals surface area contributed by atoms with Gasteiger partial charge in [-0.15, -0.1) is 11.8 Å². The van der Waals surface area contributed by atoms with Gasteiger partial charge in [0.25, 0.3) is 5.91 Å². The second-order valence-electron chi connectivity index (χ2n) is 6.26. The number of amides is 1. The van der Waals surface area contributed by atoms with Crippen LogP contribution in [0.15, 0.2) is 50.0 Å². The highest BCUT2D eigenvalue weighted by molar-refractivity contribution is 8.04. The Morgan fingerprint density at radius 3 is 2.92 bits per heavy atom. The van der Waals surface area contributed by atoms with Gasteiger partial charge < -0.3 is 9.73 Å². The number of hydrogen-bond acceptors (Lipinski definition) is 5. The number of nitriles is 1. The maximum absolute atomic E-state index is 12.6. The van der Waals surface area contributed by atoms with Crippen LogP contribution in [0.25, 0.3) is 11.0 Å². The summed E-state index contributed by atoms with van der Waals surface area (Å²) in [7, 11) is 0. The minimum absolute atomic E-state index is 0.0270. The van der Waals surface area contributed by atoms with Gasteiger partial charge in [-0.3, -0.25) is 4.79 Å². The summed E-state index contributed by atoms with van der Waals surface area (Å²) in [6.07, 6.45) is 4.11. The molecular weight excluding hydrogens is 336 g/mol. The molecule has 0 unspecified atom stereocenters. The summed E-state index contributed by atoms with van der Waals surface area (Å²) < 4.78 is 5.23. The van der Waals surface area contributed by atoms with Gasteiger partial charge in [0, 0.05) is 5.39 Å². The molecule has 0 fully saturated rings. The molecule has 25 heavy (non-hydrogen) atoms. The summed E-state index contributed by atoms with van der Waals surface area (Å²) in [6.45, 7) is 0. The zero-order chi connectivity index (χ0) is 17.4. The van der Waals surface area contributed by atoms with Crippen molar-refractivity contribution in [3.8, 4) is 6.07 Å². The van der Waals surface area contributed by atoms with Gasteiger partial charge in [0.15, 0.2) is 0 Å². The van der Waals surface area contributed by atoms with Gasteiger partial charge in [-0.25, -0.2) is 4.79 Å². The van der Waals surface area contributed by atoms with E-state index in [1.165, 1.54) is 4.91 Å². The summed E-state index contributed by atoms with van der Waals surface area (Å²) in [5.41, 5.74) is 0.923. The molecule has 4 rings (SSSR count). The highest BCUT2D eigenvalue weighted by Crippen LogP contribution is 2.47. The maximum Gasteiger partial charge on any atom is 0.349 e. The summed E-state index contributed by atoms with van der Waals surface area (Å²) in [5.74, 6) is -0.811. The largest absolute Gasteiger partial charge is 0.422 e. The first-order valence-electron chi connectivity index (χ1n) is 8.29. The van der Waals surface area contributed by atoms with E-state index in [4.69, 9.17) is 4.42 Å². The lowest BCUT2D eigenvalue weighted by Crippen LogP contribution is -2.38. The molecule has 2 aromatic rings. The van der Waals surface area contributed by atoms with Crippen LogP contribution >= 0.6 is 11.8 Å². The number of para-hydroxylation sites is 1. The molecule has 1 N–H and O–H groups in total. The normalized spacial score (nSPS) is 22.5. The molecule has 2 aliphatic rings. The molecule has 126 valence electrons. The highest BCUT2D eigenvalue weighted by Gasteiger charge is 2.37. The minimum Gasteiger partial charge on any atom is -0.422 e. The van der Waals surface area contributed by atoms with E-state index < -0.39 is 11.5 Å². The quantitative estimate of drug-likeness (QED) is 0.836. The predicted octanol–water partition coefficient (Wildman–Crippen LogP) is 3.56. The molecule has 1 amide bonds.